The summed E-state index contributed by atoms with van der Waals surface area (Å²) >= 11 is 0. The molecule has 0 spiro atoms. The number of hydrogen-bond donors (Lipinski definition) is 1. The van der Waals surface area contributed by atoms with Gasteiger partial charge in [-0.2, -0.15) is 0 Å². The molecule has 0 fully saturated rings. The first-order valence-electron chi connectivity index (χ1n) is 8.24. The molecule has 0 radical (unpaired) electrons. The van der Waals surface area contributed by atoms with Crippen molar-refractivity contribution >= 4 is 6.09 Å². The normalized spacial score (nSPS) is 13.2. The molecule has 7 heteroatoms. The molecular formula is C19H21NO6. The maximum Gasteiger partial charge on any atom is 0.409 e. The number of carbonyl (C=O) groups excluding carboxylic acids is 1. The van der Waals surface area contributed by atoms with Crippen molar-refractivity contribution in [3.63, 3.8) is 0 Å². The molecule has 1 atom stereocenters. The van der Waals surface area contributed by atoms with Crippen molar-refractivity contribution < 1.29 is 28.8 Å². The molecule has 2 aromatic rings. The van der Waals surface area contributed by atoms with Crippen LogP contribution in [0.3, 0.4) is 0 Å². The molecule has 1 heterocycles. The highest BCUT2D eigenvalue weighted by Crippen LogP contribution is 2.35. The van der Waals surface area contributed by atoms with E-state index in [1.165, 1.54) is 4.90 Å². The van der Waals surface area contributed by atoms with Crippen LogP contribution >= 0.6 is 0 Å². The highest BCUT2D eigenvalue weighted by atomic mass is 16.7. The molecule has 0 bridgehead atoms. The quantitative estimate of drug-likeness (QED) is 0.818. The Hall–Kier alpha value is -2.93. The fourth-order valence-corrected chi connectivity index (χ4v) is 2.43. The Kier molecular flexibility index (Phi) is 5.80. The molecule has 1 unspecified atom stereocenters. The summed E-state index contributed by atoms with van der Waals surface area (Å²) in [6.07, 6.45) is -1.36. The number of likely N-dealkylation sites (N-methyl/N-ethyl adjacent to an activating group) is 1. The standard InChI is InChI=1S/C19H21NO6/c1-20(19(22)24-11-14-5-3-2-4-6-14)10-15(21)12-23-16-7-8-17-18(9-16)26-13-25-17/h2-9,15,21H,10-13H2,1H3. The SMILES string of the molecule is CN(CC(O)COc1ccc2c(c1)OCO2)C(=O)OCc1ccccc1. The monoisotopic (exact) mass is 359 g/mol. The van der Waals surface area contributed by atoms with Gasteiger partial charge in [-0.25, -0.2) is 4.79 Å². The lowest BCUT2D eigenvalue weighted by Crippen LogP contribution is -2.37. The Morgan fingerprint density at radius 2 is 1.96 bits per heavy atom. The molecule has 7 nitrogen and oxygen atoms in total. The van der Waals surface area contributed by atoms with E-state index in [4.69, 9.17) is 18.9 Å². The Morgan fingerprint density at radius 1 is 1.19 bits per heavy atom. The van der Waals surface area contributed by atoms with Crippen LogP contribution in [0.5, 0.6) is 17.2 Å². The van der Waals surface area contributed by atoms with E-state index in [0.29, 0.717) is 17.2 Å². The maximum absolute atomic E-state index is 12.0. The van der Waals surface area contributed by atoms with Gasteiger partial charge in [0.05, 0.1) is 6.54 Å². The third kappa shape index (κ3) is 4.80. The molecular weight excluding hydrogens is 338 g/mol. The van der Waals surface area contributed by atoms with Crippen molar-refractivity contribution in [2.24, 2.45) is 0 Å². The summed E-state index contributed by atoms with van der Waals surface area (Å²) in [4.78, 5) is 13.3. The van der Waals surface area contributed by atoms with Gasteiger partial charge < -0.3 is 29.0 Å². The average molecular weight is 359 g/mol. The second-order valence-corrected chi connectivity index (χ2v) is 5.90. The first-order valence-corrected chi connectivity index (χ1v) is 8.24. The molecule has 1 aliphatic heterocycles. The van der Waals surface area contributed by atoms with E-state index in [1.807, 2.05) is 30.3 Å². The van der Waals surface area contributed by atoms with Gasteiger partial charge in [0.2, 0.25) is 6.79 Å². The van der Waals surface area contributed by atoms with Crippen LogP contribution in [0.25, 0.3) is 0 Å². The number of carbonyl (C=O) groups is 1. The number of benzene rings is 2. The lowest BCUT2D eigenvalue weighted by molar-refractivity contribution is 0.0582. The second kappa shape index (κ2) is 8.44. The minimum atomic E-state index is -0.852. The Bertz CT molecular complexity index is 736. The van der Waals surface area contributed by atoms with Crippen molar-refractivity contribution in [2.45, 2.75) is 12.7 Å². The summed E-state index contributed by atoms with van der Waals surface area (Å²) in [5.41, 5.74) is 0.904. The average Bonchev–Trinajstić information content (AvgIpc) is 3.13. The highest BCUT2D eigenvalue weighted by Gasteiger charge is 2.17. The lowest BCUT2D eigenvalue weighted by atomic mass is 10.2. The molecule has 26 heavy (non-hydrogen) atoms. The Labute approximate surface area is 151 Å². The van der Waals surface area contributed by atoms with Crippen molar-refractivity contribution in [1.29, 1.82) is 0 Å². The fourth-order valence-electron chi connectivity index (χ4n) is 2.43. The predicted molar refractivity (Wildman–Crippen MR) is 93.3 cm³/mol. The van der Waals surface area contributed by atoms with Gasteiger partial charge in [0.1, 0.15) is 25.1 Å². The van der Waals surface area contributed by atoms with Gasteiger partial charge in [-0.1, -0.05) is 30.3 Å². The summed E-state index contributed by atoms with van der Waals surface area (Å²) < 4.78 is 21.2. The van der Waals surface area contributed by atoms with Crippen molar-refractivity contribution in [2.75, 3.05) is 27.0 Å². The fraction of sp³-hybridized carbons (Fsp3) is 0.316. The third-order valence-electron chi connectivity index (χ3n) is 3.79. The van der Waals surface area contributed by atoms with Gasteiger partial charge in [-0.3, -0.25) is 0 Å². The lowest BCUT2D eigenvalue weighted by Gasteiger charge is -2.20. The number of nitrogens with zero attached hydrogens (tertiary/aromatic N) is 1. The summed E-state index contributed by atoms with van der Waals surface area (Å²) in [5.74, 6) is 1.83. The zero-order valence-electron chi connectivity index (χ0n) is 14.5. The molecule has 1 N–H and O–H groups in total. The van der Waals surface area contributed by atoms with Gasteiger partial charge >= 0.3 is 6.09 Å². The zero-order chi connectivity index (χ0) is 18.4. The van der Waals surface area contributed by atoms with E-state index in [0.717, 1.165) is 5.56 Å². The van der Waals surface area contributed by atoms with Crippen LogP contribution in [0.4, 0.5) is 4.79 Å². The summed E-state index contributed by atoms with van der Waals surface area (Å²) in [7, 11) is 1.57. The first-order chi connectivity index (χ1) is 12.6. The van der Waals surface area contributed by atoms with Crippen LogP contribution in [0.1, 0.15) is 5.56 Å². The Morgan fingerprint density at radius 3 is 2.77 bits per heavy atom. The molecule has 1 amide bonds. The minimum absolute atomic E-state index is 0.0376. The van der Waals surface area contributed by atoms with Crippen molar-refractivity contribution in [3.8, 4) is 17.2 Å². The van der Waals surface area contributed by atoms with E-state index in [9.17, 15) is 9.90 Å². The van der Waals surface area contributed by atoms with Crippen LogP contribution in [0, 0.1) is 0 Å². The summed E-state index contributed by atoms with van der Waals surface area (Å²) in [6, 6.07) is 14.6. The van der Waals surface area contributed by atoms with E-state index in [2.05, 4.69) is 0 Å². The van der Waals surface area contributed by atoms with E-state index in [-0.39, 0.29) is 26.6 Å². The molecule has 1 aliphatic rings. The van der Waals surface area contributed by atoms with E-state index < -0.39 is 12.2 Å². The molecule has 0 aromatic heterocycles. The smallest absolute Gasteiger partial charge is 0.409 e. The maximum atomic E-state index is 12.0. The van der Waals surface area contributed by atoms with Gasteiger partial charge in [0.15, 0.2) is 11.5 Å². The van der Waals surface area contributed by atoms with Gasteiger partial charge in [0.25, 0.3) is 0 Å². The number of rotatable bonds is 7. The molecule has 2 aromatic carbocycles. The number of aliphatic hydroxyl groups excluding tert-OH is 1. The Balaban J connectivity index is 1.40. The summed E-state index contributed by atoms with van der Waals surface area (Å²) in [6.45, 7) is 0.513. The number of amides is 1. The molecule has 3 rings (SSSR count). The number of fused-ring (bicyclic) bond motifs is 1. The molecule has 0 saturated heterocycles. The zero-order valence-corrected chi connectivity index (χ0v) is 14.5. The van der Waals surface area contributed by atoms with Crippen molar-refractivity contribution in [1.82, 2.24) is 4.90 Å². The molecule has 0 aliphatic carbocycles. The summed E-state index contributed by atoms with van der Waals surface area (Å²) in [5, 5.41) is 10.1. The first kappa shape index (κ1) is 17.9. The number of hydrogen-bond acceptors (Lipinski definition) is 6. The van der Waals surface area contributed by atoms with Gasteiger partial charge in [0, 0.05) is 13.1 Å². The van der Waals surface area contributed by atoms with Crippen LogP contribution in [-0.2, 0) is 11.3 Å². The van der Waals surface area contributed by atoms with Crippen LogP contribution in [0.15, 0.2) is 48.5 Å². The molecule has 0 saturated carbocycles. The number of ether oxygens (including phenoxy) is 4. The second-order valence-electron chi connectivity index (χ2n) is 5.90. The largest absolute Gasteiger partial charge is 0.491 e. The predicted octanol–water partition coefficient (Wildman–Crippen LogP) is 2.42. The van der Waals surface area contributed by atoms with Gasteiger partial charge in [-0.05, 0) is 17.7 Å². The van der Waals surface area contributed by atoms with Crippen LogP contribution in [-0.4, -0.2) is 49.2 Å². The molecule has 138 valence electrons. The van der Waals surface area contributed by atoms with E-state index >= 15 is 0 Å². The highest BCUT2D eigenvalue weighted by molar-refractivity contribution is 5.67. The van der Waals surface area contributed by atoms with Crippen LogP contribution < -0.4 is 14.2 Å². The minimum Gasteiger partial charge on any atom is -0.491 e. The van der Waals surface area contributed by atoms with E-state index in [1.54, 1.807) is 25.2 Å². The topological polar surface area (TPSA) is 77.5 Å². The number of aliphatic hydroxyl groups is 1. The van der Waals surface area contributed by atoms with Crippen LogP contribution in [0.2, 0.25) is 0 Å². The third-order valence-corrected chi connectivity index (χ3v) is 3.79. The van der Waals surface area contributed by atoms with Gasteiger partial charge in [-0.15, -0.1) is 0 Å². The van der Waals surface area contributed by atoms with Crippen molar-refractivity contribution in [3.05, 3.63) is 54.1 Å².